The highest BCUT2D eigenvalue weighted by atomic mass is 16.2. The summed E-state index contributed by atoms with van der Waals surface area (Å²) in [5.74, 6) is 0.141. The smallest absolute Gasteiger partial charge is 0.275 e. The molecule has 3 heteroatoms. The van der Waals surface area contributed by atoms with Gasteiger partial charge in [-0.05, 0) is 42.9 Å². The van der Waals surface area contributed by atoms with Crippen LogP contribution in [-0.4, -0.2) is 19.5 Å². The van der Waals surface area contributed by atoms with Crippen molar-refractivity contribution < 1.29 is 9.69 Å². The largest absolute Gasteiger partial charge is 0.344 e. The third-order valence-corrected chi connectivity index (χ3v) is 4.92. The molecule has 0 aromatic heterocycles. The zero-order valence-corrected chi connectivity index (χ0v) is 14.6. The Morgan fingerprint density at radius 2 is 1.92 bits per heavy atom. The van der Waals surface area contributed by atoms with Crippen LogP contribution in [0, 0.1) is 6.92 Å². The molecular weight excluding hydrogens is 296 g/mol. The summed E-state index contributed by atoms with van der Waals surface area (Å²) in [4.78, 5) is 13.7. The van der Waals surface area contributed by atoms with E-state index in [4.69, 9.17) is 0 Å². The molecule has 1 amide bonds. The van der Waals surface area contributed by atoms with Gasteiger partial charge in [-0.25, -0.2) is 0 Å². The maximum atomic E-state index is 12.5. The van der Waals surface area contributed by atoms with Crippen LogP contribution in [0.2, 0.25) is 0 Å². The molecule has 0 saturated heterocycles. The van der Waals surface area contributed by atoms with Crippen LogP contribution in [0.5, 0.6) is 0 Å². The van der Waals surface area contributed by atoms with Crippen molar-refractivity contribution in [3.05, 3.63) is 70.8 Å². The van der Waals surface area contributed by atoms with Gasteiger partial charge < -0.3 is 10.2 Å². The van der Waals surface area contributed by atoms with Crippen molar-refractivity contribution in [2.45, 2.75) is 38.8 Å². The highest BCUT2D eigenvalue weighted by Crippen LogP contribution is 2.29. The topological polar surface area (TPSA) is 33.5 Å². The second-order valence-electron chi connectivity index (χ2n) is 6.95. The van der Waals surface area contributed by atoms with Crippen molar-refractivity contribution >= 4 is 5.91 Å². The fourth-order valence-electron chi connectivity index (χ4n) is 3.62. The van der Waals surface area contributed by atoms with Crippen LogP contribution in [0.4, 0.5) is 0 Å². The Balaban J connectivity index is 1.57. The molecule has 2 N–H and O–H groups in total. The summed E-state index contributed by atoms with van der Waals surface area (Å²) in [6, 6.07) is 17.1. The Labute approximate surface area is 144 Å². The first-order chi connectivity index (χ1) is 11.6. The first-order valence-electron chi connectivity index (χ1n) is 8.86. The van der Waals surface area contributed by atoms with E-state index in [0.29, 0.717) is 6.54 Å². The molecule has 1 aliphatic rings. The number of amides is 1. The van der Waals surface area contributed by atoms with Gasteiger partial charge in [-0.3, -0.25) is 4.79 Å². The van der Waals surface area contributed by atoms with E-state index < -0.39 is 0 Å². The van der Waals surface area contributed by atoms with E-state index >= 15 is 0 Å². The molecule has 0 heterocycles. The predicted molar refractivity (Wildman–Crippen MR) is 96.9 cm³/mol. The van der Waals surface area contributed by atoms with Crippen LogP contribution in [-0.2, 0) is 17.8 Å². The van der Waals surface area contributed by atoms with E-state index in [-0.39, 0.29) is 11.9 Å². The monoisotopic (exact) mass is 323 g/mol. The second kappa shape index (κ2) is 7.63. The lowest BCUT2D eigenvalue weighted by Crippen LogP contribution is -3.09. The standard InChI is InChI=1S/C21H26N2O/c1-16-8-3-4-10-18(16)14-23(2)15-21(24)22-20-13-7-11-17-9-5-6-12-19(17)20/h3-6,8-10,12,20H,7,11,13-15H2,1-2H3,(H,22,24)/p+1/t20-/m0/s1. The molecule has 2 aromatic rings. The van der Waals surface area contributed by atoms with Gasteiger partial charge in [0.05, 0.1) is 13.1 Å². The van der Waals surface area contributed by atoms with Crippen molar-refractivity contribution in [2.75, 3.05) is 13.6 Å². The molecule has 24 heavy (non-hydrogen) atoms. The number of hydrogen-bond donors (Lipinski definition) is 2. The van der Waals surface area contributed by atoms with Crippen molar-refractivity contribution in [3.8, 4) is 0 Å². The second-order valence-corrected chi connectivity index (χ2v) is 6.95. The lowest BCUT2D eigenvalue weighted by atomic mass is 9.88. The van der Waals surface area contributed by atoms with Gasteiger partial charge in [-0.1, -0.05) is 48.5 Å². The zero-order valence-electron chi connectivity index (χ0n) is 14.6. The molecule has 0 spiro atoms. The summed E-state index contributed by atoms with van der Waals surface area (Å²) in [7, 11) is 2.08. The van der Waals surface area contributed by atoms with Gasteiger partial charge in [0.1, 0.15) is 6.54 Å². The molecule has 0 saturated carbocycles. The van der Waals surface area contributed by atoms with Gasteiger partial charge in [0.25, 0.3) is 5.91 Å². The van der Waals surface area contributed by atoms with Gasteiger partial charge in [-0.2, -0.15) is 0 Å². The molecule has 0 fully saturated rings. The van der Waals surface area contributed by atoms with Crippen LogP contribution < -0.4 is 10.2 Å². The van der Waals surface area contributed by atoms with E-state index in [1.807, 2.05) is 0 Å². The number of nitrogens with one attached hydrogen (secondary N) is 2. The van der Waals surface area contributed by atoms with E-state index in [2.05, 4.69) is 67.8 Å². The molecule has 1 unspecified atom stereocenters. The Morgan fingerprint density at radius 1 is 1.17 bits per heavy atom. The quantitative estimate of drug-likeness (QED) is 0.869. The molecule has 3 rings (SSSR count). The SMILES string of the molecule is Cc1ccccc1C[NH+](C)CC(=O)N[C@H]1CCCc2ccccc21. The summed E-state index contributed by atoms with van der Waals surface area (Å²) in [5.41, 5.74) is 5.28. The van der Waals surface area contributed by atoms with Crippen LogP contribution >= 0.6 is 0 Å². The summed E-state index contributed by atoms with van der Waals surface area (Å²) in [5, 5.41) is 3.25. The minimum absolute atomic E-state index is 0.141. The van der Waals surface area contributed by atoms with Crippen molar-refractivity contribution in [1.29, 1.82) is 0 Å². The van der Waals surface area contributed by atoms with Crippen molar-refractivity contribution in [3.63, 3.8) is 0 Å². The minimum Gasteiger partial charge on any atom is -0.344 e. The number of fused-ring (bicyclic) bond motifs is 1. The van der Waals surface area contributed by atoms with Gasteiger partial charge in [0, 0.05) is 5.56 Å². The molecule has 0 bridgehead atoms. The van der Waals surface area contributed by atoms with Gasteiger partial charge in [0.2, 0.25) is 0 Å². The first kappa shape index (κ1) is 16.7. The lowest BCUT2D eigenvalue weighted by Gasteiger charge is -2.26. The van der Waals surface area contributed by atoms with Gasteiger partial charge in [0.15, 0.2) is 6.54 Å². The molecule has 1 aliphatic carbocycles. The normalized spacial score (nSPS) is 17.8. The zero-order chi connectivity index (χ0) is 16.9. The number of likely N-dealkylation sites (N-methyl/N-ethyl adjacent to an activating group) is 1. The van der Waals surface area contributed by atoms with Crippen molar-refractivity contribution in [1.82, 2.24) is 5.32 Å². The summed E-state index contributed by atoms with van der Waals surface area (Å²) in [6.07, 6.45) is 3.31. The van der Waals surface area contributed by atoms with E-state index in [1.54, 1.807) is 0 Å². The maximum Gasteiger partial charge on any atom is 0.275 e. The highest BCUT2D eigenvalue weighted by Gasteiger charge is 2.22. The number of aryl methyl sites for hydroxylation is 2. The average Bonchev–Trinajstić information content (AvgIpc) is 2.57. The number of carbonyl (C=O) groups is 1. The van der Waals surface area contributed by atoms with E-state index in [1.165, 1.54) is 27.2 Å². The molecule has 3 nitrogen and oxygen atoms in total. The fourth-order valence-corrected chi connectivity index (χ4v) is 3.62. The Hall–Kier alpha value is -2.13. The number of quaternary nitrogens is 1. The van der Waals surface area contributed by atoms with Crippen LogP contribution in [0.25, 0.3) is 0 Å². The third-order valence-electron chi connectivity index (χ3n) is 4.92. The minimum atomic E-state index is 0.141. The van der Waals surface area contributed by atoms with Crippen LogP contribution in [0.15, 0.2) is 48.5 Å². The predicted octanol–water partition coefficient (Wildman–Crippen LogP) is 2.20. The summed E-state index contributed by atoms with van der Waals surface area (Å²) < 4.78 is 0. The molecular formula is C21H27N2O+. The molecule has 0 aliphatic heterocycles. The Kier molecular flexibility index (Phi) is 5.31. The maximum absolute atomic E-state index is 12.5. The molecule has 2 aromatic carbocycles. The van der Waals surface area contributed by atoms with Crippen LogP contribution in [0.3, 0.4) is 0 Å². The Morgan fingerprint density at radius 3 is 2.75 bits per heavy atom. The highest BCUT2D eigenvalue weighted by molar-refractivity contribution is 5.77. The number of hydrogen-bond acceptors (Lipinski definition) is 1. The fraction of sp³-hybridized carbons (Fsp3) is 0.381. The lowest BCUT2D eigenvalue weighted by molar-refractivity contribution is -0.885. The molecule has 126 valence electrons. The number of rotatable bonds is 5. The average molecular weight is 323 g/mol. The summed E-state index contributed by atoms with van der Waals surface area (Å²) in [6.45, 7) is 3.51. The first-order valence-corrected chi connectivity index (χ1v) is 8.86. The Bertz CT molecular complexity index is 710. The summed E-state index contributed by atoms with van der Waals surface area (Å²) >= 11 is 0. The van der Waals surface area contributed by atoms with Crippen LogP contribution in [0.1, 0.15) is 41.1 Å². The molecule has 2 atom stereocenters. The number of carbonyl (C=O) groups excluding carboxylic acids is 1. The molecule has 0 radical (unpaired) electrons. The van der Waals surface area contributed by atoms with Crippen molar-refractivity contribution in [2.24, 2.45) is 0 Å². The number of benzene rings is 2. The van der Waals surface area contributed by atoms with E-state index in [9.17, 15) is 4.79 Å². The third kappa shape index (κ3) is 4.04. The van der Waals surface area contributed by atoms with E-state index in [0.717, 1.165) is 25.8 Å². The van der Waals surface area contributed by atoms with Gasteiger partial charge >= 0.3 is 0 Å². The van der Waals surface area contributed by atoms with Gasteiger partial charge in [-0.15, -0.1) is 0 Å².